The summed E-state index contributed by atoms with van der Waals surface area (Å²) < 4.78 is 0. The van der Waals surface area contributed by atoms with Gasteiger partial charge in [-0.3, -0.25) is 9.59 Å². The third-order valence-electron chi connectivity index (χ3n) is 10.6. The molecule has 0 atom stereocenters. The number of nitrogens with one attached hydrogen (secondary N) is 2. The molecule has 4 aromatic rings. The lowest BCUT2D eigenvalue weighted by Gasteiger charge is -2.62. The van der Waals surface area contributed by atoms with E-state index in [1.807, 2.05) is 72.8 Å². The summed E-state index contributed by atoms with van der Waals surface area (Å²) in [6, 6.07) is 40.5. The summed E-state index contributed by atoms with van der Waals surface area (Å²) in [5.41, 5.74) is 4.28. The normalized spacial score (nSPS) is 25.2. The minimum atomic E-state index is -0.326. The van der Waals surface area contributed by atoms with Crippen molar-refractivity contribution in [3.63, 3.8) is 0 Å². The first-order chi connectivity index (χ1) is 21.5. The number of carbonyl (C=O) groups is 2. The average molecular weight is 583 g/mol. The lowest BCUT2D eigenvalue weighted by atomic mass is 9.44. The fourth-order valence-electron chi connectivity index (χ4n) is 9.39. The molecule has 0 aliphatic heterocycles. The van der Waals surface area contributed by atoms with Crippen LogP contribution in [0, 0.1) is 22.7 Å². The Morgan fingerprint density at radius 2 is 0.818 bits per heavy atom. The third kappa shape index (κ3) is 5.83. The molecule has 4 heteroatoms. The number of hydrogen-bond donors (Lipinski definition) is 2. The van der Waals surface area contributed by atoms with E-state index in [9.17, 15) is 9.59 Å². The monoisotopic (exact) mass is 582 g/mol. The fraction of sp³-hybridized carbons (Fsp3) is 0.350. The highest BCUT2D eigenvalue weighted by Gasteiger charge is 2.57. The standard InChI is InChI=1S/C40H42N2O2/c43-37(35(31-13-5-1-6-14-31)32-15-7-2-8-16-32)41-27-39-22-29-21-30(23-39)25-40(24-29,26-39)28-42-38(44)36(33-17-9-3-10-18-33)34-19-11-4-12-20-34/h1-20,29-30,35-36H,21-28H2,(H,41,43)(H,42,44). The topological polar surface area (TPSA) is 58.2 Å². The molecule has 0 unspecified atom stereocenters. The highest BCUT2D eigenvalue weighted by atomic mass is 16.2. The first kappa shape index (κ1) is 28.6. The number of hydrogen-bond acceptors (Lipinski definition) is 2. The second-order valence-corrected chi connectivity index (χ2v) is 13.9. The van der Waals surface area contributed by atoms with Crippen molar-refractivity contribution in [2.24, 2.45) is 22.7 Å². The maximum Gasteiger partial charge on any atom is 0.232 e. The van der Waals surface area contributed by atoms with E-state index in [1.165, 1.54) is 32.1 Å². The molecule has 4 fully saturated rings. The van der Waals surface area contributed by atoms with E-state index >= 15 is 0 Å². The molecule has 4 aliphatic rings. The van der Waals surface area contributed by atoms with Crippen LogP contribution >= 0.6 is 0 Å². The van der Waals surface area contributed by atoms with Crippen LogP contribution in [0.25, 0.3) is 0 Å². The van der Waals surface area contributed by atoms with Gasteiger partial charge in [-0.05, 0) is 83.4 Å². The number of rotatable bonds is 10. The van der Waals surface area contributed by atoms with Gasteiger partial charge in [-0.15, -0.1) is 0 Å². The molecule has 4 aliphatic carbocycles. The van der Waals surface area contributed by atoms with Crippen LogP contribution < -0.4 is 10.6 Å². The Morgan fingerprint density at radius 1 is 0.523 bits per heavy atom. The predicted octanol–water partition coefficient (Wildman–Crippen LogP) is 7.47. The highest BCUT2D eigenvalue weighted by molar-refractivity contribution is 5.88. The third-order valence-corrected chi connectivity index (χ3v) is 10.6. The molecule has 0 radical (unpaired) electrons. The Kier molecular flexibility index (Phi) is 7.84. The summed E-state index contributed by atoms with van der Waals surface area (Å²) in [7, 11) is 0. The second kappa shape index (κ2) is 12.1. The lowest BCUT2D eigenvalue weighted by molar-refractivity contribution is -0.131. The van der Waals surface area contributed by atoms with Gasteiger partial charge in [0.05, 0.1) is 11.8 Å². The van der Waals surface area contributed by atoms with Crippen LogP contribution in [-0.2, 0) is 9.59 Å². The molecule has 4 aromatic carbocycles. The second-order valence-electron chi connectivity index (χ2n) is 13.9. The molecule has 4 bridgehead atoms. The summed E-state index contributed by atoms with van der Waals surface area (Å²) >= 11 is 0. The van der Waals surface area contributed by atoms with Crippen molar-refractivity contribution in [2.45, 2.75) is 50.4 Å². The van der Waals surface area contributed by atoms with Crippen molar-refractivity contribution in [3.05, 3.63) is 144 Å². The van der Waals surface area contributed by atoms with E-state index in [0.29, 0.717) is 24.9 Å². The quantitative estimate of drug-likeness (QED) is 0.204. The number of amides is 2. The molecule has 2 amide bonds. The van der Waals surface area contributed by atoms with Crippen molar-refractivity contribution >= 4 is 11.8 Å². The van der Waals surface area contributed by atoms with Gasteiger partial charge in [0.2, 0.25) is 11.8 Å². The van der Waals surface area contributed by atoms with Gasteiger partial charge in [-0.2, -0.15) is 0 Å². The molecular weight excluding hydrogens is 540 g/mol. The van der Waals surface area contributed by atoms with Crippen molar-refractivity contribution in [1.29, 1.82) is 0 Å². The van der Waals surface area contributed by atoms with Crippen LogP contribution in [0.3, 0.4) is 0 Å². The van der Waals surface area contributed by atoms with Crippen molar-refractivity contribution in [1.82, 2.24) is 10.6 Å². The molecule has 2 N–H and O–H groups in total. The Hall–Kier alpha value is -4.18. The smallest absolute Gasteiger partial charge is 0.232 e. The molecule has 44 heavy (non-hydrogen) atoms. The largest absolute Gasteiger partial charge is 0.355 e. The molecule has 0 aromatic heterocycles. The van der Waals surface area contributed by atoms with Crippen molar-refractivity contribution in [2.75, 3.05) is 13.1 Å². The van der Waals surface area contributed by atoms with Gasteiger partial charge < -0.3 is 10.6 Å². The number of benzene rings is 4. The van der Waals surface area contributed by atoms with Gasteiger partial charge in [0.15, 0.2) is 0 Å². The zero-order valence-electron chi connectivity index (χ0n) is 25.3. The molecule has 4 nitrogen and oxygen atoms in total. The molecule has 8 rings (SSSR count). The fourth-order valence-corrected chi connectivity index (χ4v) is 9.39. The zero-order chi connectivity index (χ0) is 30.0. The molecule has 224 valence electrons. The highest BCUT2D eigenvalue weighted by Crippen LogP contribution is 2.65. The Bertz CT molecular complexity index is 1360. The first-order valence-corrected chi connectivity index (χ1v) is 16.3. The molecular formula is C40H42N2O2. The van der Waals surface area contributed by atoms with Crippen molar-refractivity contribution < 1.29 is 9.59 Å². The van der Waals surface area contributed by atoms with E-state index in [0.717, 1.165) is 28.7 Å². The Labute approximate surface area is 261 Å². The van der Waals surface area contributed by atoms with Crippen LogP contribution in [0.4, 0.5) is 0 Å². The maximum atomic E-state index is 13.9. The SMILES string of the molecule is O=C(NCC12CC3CC(C1)CC(CNC(=O)C(c1ccccc1)c1ccccc1)(C3)C2)C(c1ccccc1)c1ccccc1. The molecule has 0 saturated heterocycles. The summed E-state index contributed by atoms with van der Waals surface area (Å²) in [6.07, 6.45) is 7.07. The van der Waals surface area contributed by atoms with E-state index in [-0.39, 0.29) is 34.5 Å². The predicted molar refractivity (Wildman–Crippen MR) is 175 cm³/mol. The Balaban J connectivity index is 1.07. The lowest BCUT2D eigenvalue weighted by Crippen LogP contribution is -2.58. The van der Waals surface area contributed by atoms with Crippen LogP contribution in [0.5, 0.6) is 0 Å². The zero-order valence-corrected chi connectivity index (χ0v) is 25.3. The van der Waals surface area contributed by atoms with Crippen molar-refractivity contribution in [3.8, 4) is 0 Å². The minimum Gasteiger partial charge on any atom is -0.355 e. The van der Waals surface area contributed by atoms with E-state index in [1.54, 1.807) is 0 Å². The molecule has 0 spiro atoms. The summed E-state index contributed by atoms with van der Waals surface area (Å²) in [5, 5.41) is 6.91. The first-order valence-electron chi connectivity index (χ1n) is 16.3. The summed E-state index contributed by atoms with van der Waals surface area (Å²) in [6.45, 7) is 1.42. The summed E-state index contributed by atoms with van der Waals surface area (Å²) in [5.74, 6) is 0.842. The van der Waals surface area contributed by atoms with Gasteiger partial charge >= 0.3 is 0 Å². The minimum absolute atomic E-state index is 0.0778. The van der Waals surface area contributed by atoms with Crippen LogP contribution in [0.15, 0.2) is 121 Å². The van der Waals surface area contributed by atoms with E-state index < -0.39 is 0 Å². The van der Waals surface area contributed by atoms with Crippen LogP contribution in [-0.4, -0.2) is 24.9 Å². The molecule has 4 saturated carbocycles. The van der Waals surface area contributed by atoms with Gasteiger partial charge in [-0.25, -0.2) is 0 Å². The van der Waals surface area contributed by atoms with Gasteiger partial charge in [0, 0.05) is 13.1 Å². The van der Waals surface area contributed by atoms with Gasteiger partial charge in [0.1, 0.15) is 0 Å². The van der Waals surface area contributed by atoms with E-state index in [2.05, 4.69) is 59.2 Å². The van der Waals surface area contributed by atoms with Crippen LogP contribution in [0.1, 0.15) is 72.6 Å². The van der Waals surface area contributed by atoms with Gasteiger partial charge in [0.25, 0.3) is 0 Å². The summed E-state index contributed by atoms with van der Waals surface area (Å²) in [4.78, 5) is 27.8. The van der Waals surface area contributed by atoms with Crippen LogP contribution in [0.2, 0.25) is 0 Å². The van der Waals surface area contributed by atoms with E-state index in [4.69, 9.17) is 0 Å². The maximum absolute atomic E-state index is 13.9. The average Bonchev–Trinajstić information content (AvgIpc) is 3.05. The molecule has 0 heterocycles. The Morgan fingerprint density at radius 3 is 1.11 bits per heavy atom. The van der Waals surface area contributed by atoms with Gasteiger partial charge in [-0.1, -0.05) is 121 Å². The number of carbonyl (C=O) groups excluding carboxylic acids is 2.